The Kier molecular flexibility index (Phi) is 6.06. The number of carbonyl (C=O) groups excluding carboxylic acids is 1. The van der Waals surface area contributed by atoms with E-state index in [1.54, 1.807) is 6.92 Å². The zero-order chi connectivity index (χ0) is 12.8. The summed E-state index contributed by atoms with van der Waals surface area (Å²) in [6.07, 6.45) is -4.69. The molecule has 0 unspecified atom stereocenters. The van der Waals surface area contributed by atoms with Gasteiger partial charge >= 0.3 is 12.1 Å². The van der Waals surface area contributed by atoms with E-state index in [1.165, 1.54) is 6.92 Å². The topological polar surface area (TPSA) is 26.3 Å². The highest BCUT2D eigenvalue weighted by Crippen LogP contribution is 2.33. The summed E-state index contributed by atoms with van der Waals surface area (Å²) < 4.78 is 54.5. The molecule has 0 aliphatic rings. The largest absolute Gasteiger partial charge is 0.461 e. The summed E-state index contributed by atoms with van der Waals surface area (Å²) in [5.41, 5.74) is -1.44. The van der Waals surface area contributed by atoms with Crippen LogP contribution in [0.3, 0.4) is 0 Å². The highest BCUT2D eigenvalue weighted by Gasteiger charge is 2.38. The predicted octanol–water partition coefficient (Wildman–Crippen LogP) is 3.53. The minimum atomic E-state index is -4.83. The molecule has 0 N–H and O–H groups in total. The first-order chi connectivity index (χ1) is 7.34. The van der Waals surface area contributed by atoms with Crippen molar-refractivity contribution in [1.82, 2.24) is 0 Å². The van der Waals surface area contributed by atoms with Gasteiger partial charge in [-0.15, -0.1) is 0 Å². The number of ether oxygens (including phenoxy) is 1. The molecule has 0 spiro atoms. The molecule has 0 aromatic carbocycles. The van der Waals surface area contributed by atoms with Gasteiger partial charge in [-0.3, -0.25) is 0 Å². The molecule has 2 nitrogen and oxygen atoms in total. The predicted molar refractivity (Wildman–Crippen MR) is 50.3 cm³/mol. The molecule has 0 saturated carbocycles. The first-order valence-electron chi connectivity index (χ1n) is 4.97. The summed E-state index contributed by atoms with van der Waals surface area (Å²) in [6, 6.07) is 0. The van der Waals surface area contributed by atoms with Crippen molar-refractivity contribution in [3.63, 3.8) is 0 Å². The molecule has 0 saturated heterocycles. The molecule has 0 radical (unpaired) electrons. The highest BCUT2D eigenvalue weighted by atomic mass is 19.4. The Labute approximate surface area is 91.3 Å². The van der Waals surface area contributed by atoms with Crippen molar-refractivity contribution in [2.24, 2.45) is 0 Å². The van der Waals surface area contributed by atoms with Crippen LogP contribution in [0.1, 0.15) is 33.1 Å². The Morgan fingerprint density at radius 1 is 1.25 bits per heavy atom. The fourth-order valence-corrected chi connectivity index (χ4v) is 1.05. The molecule has 0 heterocycles. The van der Waals surface area contributed by atoms with E-state index in [9.17, 15) is 22.4 Å². The van der Waals surface area contributed by atoms with Crippen LogP contribution in [-0.4, -0.2) is 18.8 Å². The Hall–Kier alpha value is -1.07. The van der Waals surface area contributed by atoms with Crippen LogP contribution in [-0.2, 0) is 9.53 Å². The second kappa shape index (κ2) is 6.50. The van der Waals surface area contributed by atoms with Crippen molar-refractivity contribution in [3.05, 3.63) is 11.4 Å². The van der Waals surface area contributed by atoms with Gasteiger partial charge in [-0.2, -0.15) is 17.6 Å². The quantitative estimate of drug-likeness (QED) is 0.419. The summed E-state index contributed by atoms with van der Waals surface area (Å²) in [5.74, 6) is -3.38. The van der Waals surface area contributed by atoms with Crippen molar-refractivity contribution in [2.45, 2.75) is 39.3 Å². The van der Waals surface area contributed by atoms with Gasteiger partial charge in [0.15, 0.2) is 0 Å². The van der Waals surface area contributed by atoms with Gasteiger partial charge in [0.1, 0.15) is 0 Å². The van der Waals surface area contributed by atoms with Gasteiger partial charge in [-0.25, -0.2) is 4.79 Å². The number of carbonyl (C=O) groups is 1. The molecule has 6 heteroatoms. The SMILES string of the molecule is CCCC/C(=C(\F)C(=O)OCC)C(F)(F)F. The molecule has 0 aliphatic heterocycles. The van der Waals surface area contributed by atoms with E-state index in [0.717, 1.165) is 0 Å². The molecule has 0 aromatic heterocycles. The number of rotatable bonds is 5. The monoisotopic (exact) mass is 242 g/mol. The van der Waals surface area contributed by atoms with Gasteiger partial charge in [0.05, 0.1) is 12.2 Å². The van der Waals surface area contributed by atoms with Crippen molar-refractivity contribution >= 4 is 5.97 Å². The third kappa shape index (κ3) is 4.63. The molecule has 0 rings (SSSR count). The summed E-state index contributed by atoms with van der Waals surface area (Å²) in [5, 5.41) is 0. The van der Waals surface area contributed by atoms with E-state index < -0.39 is 30.0 Å². The van der Waals surface area contributed by atoms with Crippen LogP contribution in [0.4, 0.5) is 17.6 Å². The number of unbranched alkanes of at least 4 members (excludes halogenated alkanes) is 1. The van der Waals surface area contributed by atoms with E-state index >= 15 is 0 Å². The fourth-order valence-electron chi connectivity index (χ4n) is 1.05. The lowest BCUT2D eigenvalue weighted by Gasteiger charge is -2.12. The van der Waals surface area contributed by atoms with E-state index in [-0.39, 0.29) is 13.0 Å². The molecule has 16 heavy (non-hydrogen) atoms. The van der Waals surface area contributed by atoms with Crippen LogP contribution in [0.2, 0.25) is 0 Å². The summed E-state index contributed by atoms with van der Waals surface area (Å²) in [4.78, 5) is 10.8. The van der Waals surface area contributed by atoms with Gasteiger partial charge in [-0.05, 0) is 19.8 Å². The zero-order valence-electron chi connectivity index (χ0n) is 9.16. The lowest BCUT2D eigenvalue weighted by molar-refractivity contribution is -0.142. The lowest BCUT2D eigenvalue weighted by atomic mass is 10.1. The van der Waals surface area contributed by atoms with Gasteiger partial charge in [-0.1, -0.05) is 13.3 Å². The maximum atomic E-state index is 13.2. The molecular weight excluding hydrogens is 228 g/mol. The molecule has 94 valence electrons. The van der Waals surface area contributed by atoms with Gasteiger partial charge < -0.3 is 4.74 Å². The fraction of sp³-hybridized carbons (Fsp3) is 0.700. The Morgan fingerprint density at radius 3 is 2.19 bits per heavy atom. The molecule has 0 bridgehead atoms. The Balaban J connectivity index is 4.97. The third-order valence-corrected chi connectivity index (χ3v) is 1.84. The van der Waals surface area contributed by atoms with Crippen LogP contribution >= 0.6 is 0 Å². The molecule has 0 amide bonds. The molecule has 0 fully saturated rings. The van der Waals surface area contributed by atoms with Crippen molar-refractivity contribution in [3.8, 4) is 0 Å². The average molecular weight is 242 g/mol. The molecule has 0 aromatic rings. The average Bonchev–Trinajstić information content (AvgIpc) is 2.16. The summed E-state index contributed by atoms with van der Waals surface area (Å²) >= 11 is 0. The number of esters is 1. The van der Waals surface area contributed by atoms with Gasteiger partial charge in [0, 0.05) is 0 Å². The number of allylic oxidation sites excluding steroid dienone is 1. The third-order valence-electron chi connectivity index (χ3n) is 1.84. The van der Waals surface area contributed by atoms with Crippen LogP contribution < -0.4 is 0 Å². The maximum absolute atomic E-state index is 13.2. The molecule has 0 aliphatic carbocycles. The first-order valence-corrected chi connectivity index (χ1v) is 4.97. The summed E-state index contributed by atoms with van der Waals surface area (Å²) in [7, 11) is 0. The minimum absolute atomic E-state index is 0.162. The zero-order valence-corrected chi connectivity index (χ0v) is 9.16. The van der Waals surface area contributed by atoms with Gasteiger partial charge in [0.25, 0.3) is 0 Å². The van der Waals surface area contributed by atoms with Crippen LogP contribution in [0.25, 0.3) is 0 Å². The summed E-state index contributed by atoms with van der Waals surface area (Å²) in [6.45, 7) is 2.91. The second-order valence-corrected chi connectivity index (χ2v) is 3.11. The van der Waals surface area contributed by atoms with Crippen molar-refractivity contribution < 1.29 is 27.1 Å². The highest BCUT2D eigenvalue weighted by molar-refractivity contribution is 5.87. The maximum Gasteiger partial charge on any atom is 0.415 e. The Bertz CT molecular complexity index is 268. The number of alkyl halides is 3. The minimum Gasteiger partial charge on any atom is -0.461 e. The number of halogens is 4. The molecule has 0 atom stereocenters. The number of hydrogen-bond donors (Lipinski definition) is 0. The van der Waals surface area contributed by atoms with E-state index in [1.807, 2.05) is 0 Å². The van der Waals surface area contributed by atoms with Gasteiger partial charge in [0.2, 0.25) is 5.83 Å². The second-order valence-electron chi connectivity index (χ2n) is 3.11. The van der Waals surface area contributed by atoms with E-state index in [0.29, 0.717) is 6.42 Å². The molecular formula is C10H14F4O2. The Morgan fingerprint density at radius 2 is 1.81 bits per heavy atom. The van der Waals surface area contributed by atoms with Crippen LogP contribution in [0.5, 0.6) is 0 Å². The van der Waals surface area contributed by atoms with Crippen LogP contribution in [0.15, 0.2) is 11.4 Å². The standard InChI is InChI=1S/C10H14F4O2/c1-3-5-6-7(10(12,13)14)8(11)9(15)16-4-2/h3-6H2,1-2H3/b8-7+. The number of hydrogen-bond acceptors (Lipinski definition) is 2. The lowest BCUT2D eigenvalue weighted by Crippen LogP contribution is -2.18. The van der Waals surface area contributed by atoms with E-state index in [4.69, 9.17) is 0 Å². The first kappa shape index (κ1) is 14.9. The van der Waals surface area contributed by atoms with E-state index in [2.05, 4.69) is 4.74 Å². The normalized spacial score (nSPS) is 13.4. The van der Waals surface area contributed by atoms with Crippen molar-refractivity contribution in [1.29, 1.82) is 0 Å². The smallest absolute Gasteiger partial charge is 0.415 e. The van der Waals surface area contributed by atoms with Crippen LogP contribution in [0, 0.1) is 0 Å². The van der Waals surface area contributed by atoms with Crippen molar-refractivity contribution in [2.75, 3.05) is 6.61 Å².